The van der Waals surface area contributed by atoms with Crippen LogP contribution >= 0.6 is 23.2 Å². The van der Waals surface area contributed by atoms with Crippen LogP contribution in [0.15, 0.2) is 36.4 Å². The number of amides is 2. The molecule has 6 saturated heterocycles. The van der Waals surface area contributed by atoms with E-state index < -0.39 is 5.60 Å². The number of esters is 2. The first-order valence-corrected chi connectivity index (χ1v) is 27.6. The topological polar surface area (TPSA) is 150 Å². The highest BCUT2D eigenvalue weighted by Gasteiger charge is 2.43. The van der Waals surface area contributed by atoms with Crippen molar-refractivity contribution in [2.75, 3.05) is 102 Å². The number of hydrogen-bond acceptors (Lipinski definition) is 13. The van der Waals surface area contributed by atoms with Crippen LogP contribution < -0.4 is 15.1 Å². The largest absolute Gasteiger partial charge is 0.466 e. The zero-order chi connectivity index (χ0) is 53.0. The van der Waals surface area contributed by atoms with Crippen molar-refractivity contribution in [2.24, 2.45) is 22.7 Å². The molecule has 2 aromatic carbocycles. The predicted octanol–water partition coefficient (Wildman–Crippen LogP) is 10.3. The van der Waals surface area contributed by atoms with E-state index in [9.17, 15) is 24.0 Å². The van der Waals surface area contributed by atoms with Gasteiger partial charge in [0.15, 0.2) is 6.29 Å². The van der Waals surface area contributed by atoms with E-state index in [2.05, 4.69) is 32.1 Å². The molecule has 0 atom stereocenters. The van der Waals surface area contributed by atoms with E-state index in [4.69, 9.17) is 42.1 Å². The Morgan fingerprint density at radius 2 is 1.08 bits per heavy atom. The lowest BCUT2D eigenvalue weighted by atomic mass is 9.78. The van der Waals surface area contributed by atoms with Gasteiger partial charge in [0, 0.05) is 99.0 Å². The second kappa shape index (κ2) is 26.0. The number of likely N-dealkylation sites (tertiary alicyclic amines) is 3. The van der Waals surface area contributed by atoms with Gasteiger partial charge in [-0.1, -0.05) is 29.3 Å². The molecule has 2 amide bonds. The molecular formula is C56H84Cl2N6O9. The van der Waals surface area contributed by atoms with Crippen molar-refractivity contribution in [1.82, 2.24) is 20.0 Å². The van der Waals surface area contributed by atoms with Gasteiger partial charge in [-0.3, -0.25) is 19.3 Å². The van der Waals surface area contributed by atoms with Gasteiger partial charge in [0.1, 0.15) is 11.2 Å². The zero-order valence-corrected chi connectivity index (χ0v) is 46.6. The van der Waals surface area contributed by atoms with E-state index >= 15 is 0 Å². The van der Waals surface area contributed by atoms with Crippen LogP contribution in [0.3, 0.4) is 0 Å². The highest BCUT2D eigenvalue weighted by atomic mass is 35.5. The average molecular weight is 1060 g/mol. The summed E-state index contributed by atoms with van der Waals surface area (Å²) in [5.74, 6) is -0.226. The Balaban J connectivity index is 0.000000197. The Morgan fingerprint density at radius 3 is 1.53 bits per heavy atom. The van der Waals surface area contributed by atoms with E-state index in [0.717, 1.165) is 153 Å². The molecule has 406 valence electrons. The molecule has 0 unspecified atom stereocenters. The molecule has 6 aliphatic heterocycles. The molecule has 0 aliphatic carbocycles. The lowest BCUT2D eigenvalue weighted by Crippen LogP contribution is -2.46. The molecule has 8 rings (SSSR count). The number of aldehydes is 1. The van der Waals surface area contributed by atoms with Gasteiger partial charge in [0.05, 0.1) is 25.0 Å². The van der Waals surface area contributed by atoms with Crippen molar-refractivity contribution in [3.05, 3.63) is 57.6 Å². The van der Waals surface area contributed by atoms with Crippen LogP contribution in [0.25, 0.3) is 0 Å². The fourth-order valence-electron chi connectivity index (χ4n) is 11.1. The summed E-state index contributed by atoms with van der Waals surface area (Å²) < 4.78 is 21.3. The Hall–Kier alpha value is -4.31. The Kier molecular flexibility index (Phi) is 20.6. The minimum absolute atomic E-state index is 0.00572. The van der Waals surface area contributed by atoms with Crippen molar-refractivity contribution in [2.45, 2.75) is 137 Å². The summed E-state index contributed by atoms with van der Waals surface area (Å²) in [5, 5.41) is 4.78. The molecule has 0 radical (unpaired) electrons. The Bertz CT molecular complexity index is 2160. The standard InChI is InChI=1S/C28H42ClN3O4.C15H18ClNO3.C13H24N2O2/c1-5-35-25(33)21-8-13-31(14-9-21)24-18-23(29)7-6-22(24)19-30-15-10-28(20-30)11-16-32(17-12-28)26(34)36-27(2,3)4;1-2-20-15(19)11-5-7-17(8-6-11)14-9-13(16)4-3-12(14)10-18;1-12(2,3)17-11(16)15-8-5-13(6-9-15)4-7-14-10-13/h6-7,18,21H,5,8-17,19-20H2,1-4H3;3-4,9-11H,2,5-8H2,1H3;14H,4-10H2,1-3H3. The van der Waals surface area contributed by atoms with Gasteiger partial charge in [0.25, 0.3) is 0 Å². The number of hydrogen-bond donors (Lipinski definition) is 1. The Morgan fingerprint density at radius 1 is 0.630 bits per heavy atom. The zero-order valence-electron chi connectivity index (χ0n) is 45.0. The van der Waals surface area contributed by atoms with Crippen molar-refractivity contribution in [1.29, 1.82) is 0 Å². The number of anilines is 2. The summed E-state index contributed by atoms with van der Waals surface area (Å²) in [5.41, 5.74) is 3.84. The van der Waals surface area contributed by atoms with E-state index in [1.54, 1.807) is 18.2 Å². The van der Waals surface area contributed by atoms with Gasteiger partial charge in [0.2, 0.25) is 0 Å². The normalized spacial score (nSPS) is 20.4. The van der Waals surface area contributed by atoms with Crippen LogP contribution in [0.2, 0.25) is 10.0 Å². The van der Waals surface area contributed by atoms with E-state index in [-0.39, 0.29) is 47.0 Å². The maximum Gasteiger partial charge on any atom is 0.410 e. The minimum Gasteiger partial charge on any atom is -0.466 e. The van der Waals surface area contributed by atoms with Crippen LogP contribution in [0.5, 0.6) is 0 Å². The summed E-state index contributed by atoms with van der Waals surface area (Å²) >= 11 is 12.4. The molecule has 15 nitrogen and oxygen atoms in total. The summed E-state index contributed by atoms with van der Waals surface area (Å²) in [6, 6.07) is 11.5. The van der Waals surface area contributed by atoms with E-state index in [0.29, 0.717) is 29.2 Å². The summed E-state index contributed by atoms with van der Waals surface area (Å²) in [6.07, 6.45) is 10.3. The maximum absolute atomic E-state index is 12.5. The molecule has 6 fully saturated rings. The van der Waals surface area contributed by atoms with Crippen molar-refractivity contribution in [3.63, 3.8) is 0 Å². The number of ether oxygens (including phenoxy) is 4. The third kappa shape index (κ3) is 16.8. The van der Waals surface area contributed by atoms with E-state index in [1.807, 2.05) is 71.3 Å². The monoisotopic (exact) mass is 1050 g/mol. The fourth-order valence-corrected chi connectivity index (χ4v) is 11.4. The van der Waals surface area contributed by atoms with Crippen LogP contribution in [0, 0.1) is 22.7 Å². The number of halogens is 2. The predicted molar refractivity (Wildman–Crippen MR) is 288 cm³/mol. The van der Waals surface area contributed by atoms with Gasteiger partial charge in [-0.15, -0.1) is 0 Å². The van der Waals surface area contributed by atoms with E-state index in [1.165, 1.54) is 24.1 Å². The molecule has 6 heterocycles. The molecule has 73 heavy (non-hydrogen) atoms. The van der Waals surface area contributed by atoms with Gasteiger partial charge in [-0.05, 0) is 179 Å². The van der Waals surface area contributed by atoms with Crippen LogP contribution in [-0.4, -0.2) is 148 Å². The van der Waals surface area contributed by atoms with Gasteiger partial charge < -0.3 is 43.9 Å². The Labute approximate surface area is 445 Å². The van der Waals surface area contributed by atoms with Crippen molar-refractivity contribution >= 4 is 65.0 Å². The molecule has 6 aliphatic rings. The highest BCUT2D eigenvalue weighted by molar-refractivity contribution is 6.31. The summed E-state index contributed by atoms with van der Waals surface area (Å²) in [6.45, 7) is 27.6. The molecule has 1 N–H and O–H groups in total. The first-order valence-electron chi connectivity index (χ1n) is 26.9. The third-order valence-corrected chi connectivity index (χ3v) is 15.7. The fraction of sp³-hybridized carbons (Fsp3) is 0.696. The van der Waals surface area contributed by atoms with Gasteiger partial charge in [-0.25, -0.2) is 9.59 Å². The lowest BCUT2D eigenvalue weighted by molar-refractivity contribution is -0.149. The lowest BCUT2D eigenvalue weighted by Gasteiger charge is -2.39. The number of nitrogens with one attached hydrogen (secondary N) is 1. The first-order chi connectivity index (χ1) is 34.6. The molecular weight excluding hydrogens is 972 g/mol. The second-order valence-electron chi connectivity index (χ2n) is 22.9. The van der Waals surface area contributed by atoms with Crippen LogP contribution in [-0.2, 0) is 35.1 Å². The molecule has 0 aromatic heterocycles. The van der Waals surface area contributed by atoms with Crippen LogP contribution in [0.1, 0.15) is 136 Å². The second-order valence-corrected chi connectivity index (χ2v) is 23.8. The maximum atomic E-state index is 12.5. The molecule has 2 aromatic rings. The van der Waals surface area contributed by atoms with Gasteiger partial charge >= 0.3 is 24.1 Å². The number of piperidine rings is 4. The van der Waals surface area contributed by atoms with Gasteiger partial charge in [-0.2, -0.15) is 0 Å². The molecule has 0 saturated carbocycles. The first kappa shape index (κ1) is 58.0. The van der Waals surface area contributed by atoms with Crippen molar-refractivity contribution < 1.29 is 42.9 Å². The smallest absolute Gasteiger partial charge is 0.410 e. The average Bonchev–Trinajstić information content (AvgIpc) is 3.98. The third-order valence-electron chi connectivity index (χ3n) is 15.3. The SMILES string of the molecule is CC(C)(C)OC(=O)N1CCC2(CCNC2)CC1.CCOC(=O)C1CCN(c2cc(Cl)ccc2C=O)CC1.CCOC(=O)C1CCN(c2cc(Cl)ccc2CN2CCC3(CCN(C(=O)OC(C)(C)C)CC3)C2)CC1. The number of carbonyl (C=O) groups is 5. The highest BCUT2D eigenvalue weighted by Crippen LogP contribution is 2.42. The van der Waals surface area contributed by atoms with Crippen molar-refractivity contribution in [3.8, 4) is 0 Å². The quantitative estimate of drug-likeness (QED) is 0.144. The number of rotatable bonds is 9. The minimum atomic E-state index is -0.458. The summed E-state index contributed by atoms with van der Waals surface area (Å²) in [7, 11) is 0. The molecule has 17 heteroatoms. The molecule has 0 bridgehead atoms. The summed E-state index contributed by atoms with van der Waals surface area (Å²) in [4.78, 5) is 70.1. The number of carbonyl (C=O) groups excluding carboxylic acids is 5. The molecule has 2 spiro atoms. The number of benzene rings is 2. The number of nitrogens with zero attached hydrogens (tertiary/aromatic N) is 5. The van der Waals surface area contributed by atoms with Crippen LogP contribution in [0.4, 0.5) is 21.0 Å².